The first-order chi connectivity index (χ1) is 11.0. The average molecular weight is 316 g/mol. The Morgan fingerprint density at radius 3 is 2.61 bits per heavy atom. The summed E-state index contributed by atoms with van der Waals surface area (Å²) >= 11 is 0. The Hall–Kier alpha value is -2.41. The predicted octanol–water partition coefficient (Wildman–Crippen LogP) is 0.305. The molecule has 1 aromatic carbocycles. The molecule has 2 atom stereocenters. The SMILES string of the molecule is C[C@]1(c2ccc(C(=O)N3CCC[C@H]3CN)cc2)NC(=O)NC1=O. The molecule has 0 bridgehead atoms. The van der Waals surface area contributed by atoms with E-state index in [9.17, 15) is 14.4 Å². The summed E-state index contributed by atoms with van der Waals surface area (Å²) in [5.74, 6) is -0.445. The summed E-state index contributed by atoms with van der Waals surface area (Å²) in [5, 5.41) is 4.83. The highest BCUT2D eigenvalue weighted by atomic mass is 16.2. The van der Waals surface area contributed by atoms with E-state index < -0.39 is 17.5 Å². The Bertz CT molecular complexity index is 658. The van der Waals surface area contributed by atoms with Crippen molar-refractivity contribution >= 4 is 17.8 Å². The summed E-state index contributed by atoms with van der Waals surface area (Å²) in [5.41, 5.74) is 5.80. The summed E-state index contributed by atoms with van der Waals surface area (Å²) in [6.45, 7) is 2.82. The number of carbonyl (C=O) groups excluding carboxylic acids is 3. The number of urea groups is 1. The van der Waals surface area contributed by atoms with E-state index in [-0.39, 0.29) is 11.9 Å². The number of nitrogens with zero attached hydrogens (tertiary/aromatic N) is 1. The first kappa shape index (κ1) is 15.5. The lowest BCUT2D eigenvalue weighted by Gasteiger charge is -2.24. The molecular weight excluding hydrogens is 296 g/mol. The van der Waals surface area contributed by atoms with Crippen molar-refractivity contribution in [1.29, 1.82) is 0 Å². The molecule has 4 N–H and O–H groups in total. The third kappa shape index (κ3) is 2.57. The van der Waals surface area contributed by atoms with Gasteiger partial charge in [0, 0.05) is 24.7 Å². The fourth-order valence-corrected chi connectivity index (χ4v) is 3.21. The number of hydrogen-bond donors (Lipinski definition) is 3. The van der Waals surface area contributed by atoms with Crippen LogP contribution in [0.4, 0.5) is 4.79 Å². The van der Waals surface area contributed by atoms with Crippen LogP contribution in [0.25, 0.3) is 0 Å². The van der Waals surface area contributed by atoms with Gasteiger partial charge in [0.05, 0.1) is 0 Å². The summed E-state index contributed by atoms with van der Waals surface area (Å²) in [7, 11) is 0. The molecule has 2 saturated heterocycles. The number of benzene rings is 1. The molecule has 0 aromatic heterocycles. The van der Waals surface area contributed by atoms with Crippen LogP contribution in [0.1, 0.15) is 35.7 Å². The Morgan fingerprint density at radius 2 is 2.04 bits per heavy atom. The van der Waals surface area contributed by atoms with Gasteiger partial charge in [0.2, 0.25) is 0 Å². The normalized spacial score (nSPS) is 27.0. The van der Waals surface area contributed by atoms with Crippen molar-refractivity contribution in [2.75, 3.05) is 13.1 Å². The second-order valence-corrected chi connectivity index (χ2v) is 6.14. The fraction of sp³-hybridized carbons (Fsp3) is 0.438. The van der Waals surface area contributed by atoms with Gasteiger partial charge in [-0.15, -0.1) is 0 Å². The minimum Gasteiger partial charge on any atom is -0.334 e. The highest BCUT2D eigenvalue weighted by Gasteiger charge is 2.43. The molecule has 122 valence electrons. The van der Waals surface area contributed by atoms with Gasteiger partial charge < -0.3 is 16.0 Å². The maximum Gasteiger partial charge on any atom is 0.322 e. The summed E-state index contributed by atoms with van der Waals surface area (Å²) in [4.78, 5) is 37.7. The van der Waals surface area contributed by atoms with Crippen LogP contribution in [0.3, 0.4) is 0 Å². The van der Waals surface area contributed by atoms with E-state index in [1.54, 1.807) is 36.1 Å². The van der Waals surface area contributed by atoms with Gasteiger partial charge in [-0.1, -0.05) is 12.1 Å². The van der Waals surface area contributed by atoms with E-state index in [1.165, 1.54) is 0 Å². The van der Waals surface area contributed by atoms with Crippen molar-refractivity contribution in [1.82, 2.24) is 15.5 Å². The van der Waals surface area contributed by atoms with Crippen LogP contribution in [0.2, 0.25) is 0 Å². The second-order valence-electron chi connectivity index (χ2n) is 6.14. The van der Waals surface area contributed by atoms with Crippen molar-refractivity contribution in [3.63, 3.8) is 0 Å². The van der Waals surface area contributed by atoms with Gasteiger partial charge in [0.1, 0.15) is 5.54 Å². The van der Waals surface area contributed by atoms with E-state index in [4.69, 9.17) is 5.73 Å². The molecule has 0 aliphatic carbocycles. The minimum atomic E-state index is -1.11. The van der Waals surface area contributed by atoms with Crippen LogP contribution in [0.5, 0.6) is 0 Å². The van der Waals surface area contributed by atoms with Crippen molar-refractivity contribution < 1.29 is 14.4 Å². The Labute approximate surface area is 134 Å². The van der Waals surface area contributed by atoms with Crippen LogP contribution in [-0.2, 0) is 10.3 Å². The highest BCUT2D eigenvalue weighted by Crippen LogP contribution is 2.25. The third-order valence-electron chi connectivity index (χ3n) is 4.66. The number of hydrogen-bond acceptors (Lipinski definition) is 4. The molecule has 7 heteroatoms. The molecule has 0 unspecified atom stereocenters. The van der Waals surface area contributed by atoms with Gasteiger partial charge in [-0.25, -0.2) is 4.79 Å². The third-order valence-corrected chi connectivity index (χ3v) is 4.66. The van der Waals surface area contributed by atoms with E-state index in [0.29, 0.717) is 17.7 Å². The molecular formula is C16H20N4O3. The highest BCUT2D eigenvalue weighted by molar-refractivity contribution is 6.07. The topological polar surface area (TPSA) is 105 Å². The number of rotatable bonds is 3. The monoisotopic (exact) mass is 316 g/mol. The Balaban J connectivity index is 1.81. The number of nitrogens with two attached hydrogens (primary N) is 1. The molecule has 2 aliphatic rings. The van der Waals surface area contributed by atoms with Gasteiger partial charge in [-0.2, -0.15) is 0 Å². The van der Waals surface area contributed by atoms with Crippen LogP contribution >= 0.6 is 0 Å². The molecule has 1 aromatic rings. The van der Waals surface area contributed by atoms with E-state index >= 15 is 0 Å². The Kier molecular flexibility index (Phi) is 3.81. The van der Waals surface area contributed by atoms with Gasteiger partial charge in [0.25, 0.3) is 11.8 Å². The number of carbonyl (C=O) groups is 3. The average Bonchev–Trinajstić information content (AvgIpc) is 3.11. The van der Waals surface area contributed by atoms with E-state index in [0.717, 1.165) is 19.4 Å². The van der Waals surface area contributed by atoms with Crippen LogP contribution in [-0.4, -0.2) is 41.9 Å². The fourth-order valence-electron chi connectivity index (χ4n) is 3.21. The van der Waals surface area contributed by atoms with Gasteiger partial charge in [0.15, 0.2) is 0 Å². The molecule has 23 heavy (non-hydrogen) atoms. The van der Waals surface area contributed by atoms with E-state index in [2.05, 4.69) is 10.6 Å². The molecule has 4 amide bonds. The standard InChI is InChI=1S/C16H20N4O3/c1-16(14(22)18-15(23)19-16)11-6-4-10(5-7-11)13(21)20-8-2-3-12(20)9-17/h4-7,12H,2-3,8-9,17H2,1H3,(H2,18,19,22,23)/t12-,16+/m0/s1. The summed E-state index contributed by atoms with van der Waals surface area (Å²) in [6, 6.07) is 6.36. The lowest BCUT2D eigenvalue weighted by Crippen LogP contribution is -2.41. The summed E-state index contributed by atoms with van der Waals surface area (Å²) in [6.07, 6.45) is 1.90. The first-order valence-corrected chi connectivity index (χ1v) is 7.71. The predicted molar refractivity (Wildman–Crippen MR) is 83.6 cm³/mol. The number of imide groups is 1. The zero-order chi connectivity index (χ0) is 16.6. The second kappa shape index (κ2) is 5.66. The largest absolute Gasteiger partial charge is 0.334 e. The van der Waals surface area contributed by atoms with Gasteiger partial charge in [-0.3, -0.25) is 14.9 Å². The molecule has 0 spiro atoms. The van der Waals surface area contributed by atoms with E-state index in [1.807, 2.05) is 0 Å². The van der Waals surface area contributed by atoms with Gasteiger partial charge >= 0.3 is 6.03 Å². The smallest absolute Gasteiger partial charge is 0.322 e. The van der Waals surface area contributed by atoms with Crippen molar-refractivity contribution in [2.24, 2.45) is 5.73 Å². The maximum atomic E-state index is 12.6. The van der Waals surface area contributed by atoms with Gasteiger partial charge in [-0.05, 0) is 37.5 Å². The molecule has 7 nitrogen and oxygen atoms in total. The van der Waals surface area contributed by atoms with Crippen LogP contribution in [0.15, 0.2) is 24.3 Å². The molecule has 2 aliphatic heterocycles. The van der Waals surface area contributed by atoms with Crippen molar-refractivity contribution in [3.05, 3.63) is 35.4 Å². The first-order valence-electron chi connectivity index (χ1n) is 7.71. The molecule has 2 fully saturated rings. The quantitative estimate of drug-likeness (QED) is 0.698. The lowest BCUT2D eigenvalue weighted by atomic mass is 9.91. The van der Waals surface area contributed by atoms with Crippen LogP contribution in [0, 0.1) is 0 Å². The Morgan fingerprint density at radius 1 is 1.35 bits per heavy atom. The molecule has 0 radical (unpaired) electrons. The zero-order valence-electron chi connectivity index (χ0n) is 13.0. The zero-order valence-corrected chi connectivity index (χ0v) is 13.0. The maximum absolute atomic E-state index is 12.6. The van der Waals surface area contributed by atoms with Crippen molar-refractivity contribution in [3.8, 4) is 0 Å². The molecule has 0 saturated carbocycles. The summed E-state index contributed by atoms with van der Waals surface area (Å²) < 4.78 is 0. The molecule has 2 heterocycles. The number of amides is 4. The van der Waals surface area contributed by atoms with Crippen molar-refractivity contribution in [2.45, 2.75) is 31.3 Å². The number of likely N-dealkylation sites (tertiary alicyclic amines) is 1. The lowest BCUT2D eigenvalue weighted by molar-refractivity contribution is -0.123. The molecule has 3 rings (SSSR count). The number of nitrogens with one attached hydrogen (secondary N) is 2. The minimum absolute atomic E-state index is 0.0467. The van der Waals surface area contributed by atoms with Crippen LogP contribution < -0.4 is 16.4 Å².